The van der Waals surface area contributed by atoms with Gasteiger partial charge in [0.25, 0.3) is 0 Å². The Balaban J connectivity index is 0.00000180. The molecule has 1 saturated heterocycles. The molecule has 0 aromatic rings. The lowest BCUT2D eigenvalue weighted by atomic mass is 9.96. The first kappa shape index (κ1) is 17.0. The van der Waals surface area contributed by atoms with Crippen LogP contribution >= 0.6 is 24.0 Å². The second-order valence-electron chi connectivity index (χ2n) is 5.98. The molecule has 0 radical (unpaired) electrons. The molecular formula is C14H29IN4. The van der Waals surface area contributed by atoms with Gasteiger partial charge >= 0.3 is 0 Å². The van der Waals surface area contributed by atoms with Crippen LogP contribution in [-0.4, -0.2) is 43.6 Å². The Morgan fingerprint density at radius 1 is 1.21 bits per heavy atom. The lowest BCUT2D eigenvalue weighted by Crippen LogP contribution is -2.41. The van der Waals surface area contributed by atoms with Crippen molar-refractivity contribution < 1.29 is 0 Å². The third-order valence-electron chi connectivity index (χ3n) is 4.20. The number of piperidine rings is 1. The predicted octanol–water partition coefficient (Wildman–Crippen LogP) is 2.18. The molecule has 1 unspecified atom stereocenters. The molecule has 0 amide bonds. The average Bonchev–Trinajstić information content (AvgIpc) is 2.38. The summed E-state index contributed by atoms with van der Waals surface area (Å²) >= 11 is 0. The number of halogens is 1. The highest BCUT2D eigenvalue weighted by atomic mass is 127. The molecule has 1 aliphatic heterocycles. The minimum absolute atomic E-state index is 0. The maximum atomic E-state index is 5.98. The molecule has 0 aromatic carbocycles. The molecule has 1 aliphatic carbocycles. The SMILES string of the molecule is CN1CCCC(CN=C(N)NC2CCCCC2)C1.I. The number of hydrogen-bond acceptors (Lipinski definition) is 2. The molecule has 0 bridgehead atoms. The number of nitrogens with one attached hydrogen (secondary N) is 1. The molecule has 1 atom stereocenters. The number of nitrogens with two attached hydrogens (primary N) is 1. The molecule has 1 saturated carbocycles. The zero-order valence-electron chi connectivity index (χ0n) is 12.1. The Kier molecular flexibility index (Phi) is 8.06. The Morgan fingerprint density at radius 3 is 2.63 bits per heavy atom. The van der Waals surface area contributed by atoms with Crippen molar-refractivity contribution in [2.45, 2.75) is 51.0 Å². The van der Waals surface area contributed by atoms with Crippen molar-refractivity contribution in [2.24, 2.45) is 16.6 Å². The number of rotatable bonds is 3. The van der Waals surface area contributed by atoms with Gasteiger partial charge in [-0.05, 0) is 45.2 Å². The minimum Gasteiger partial charge on any atom is -0.370 e. The van der Waals surface area contributed by atoms with Crippen molar-refractivity contribution in [2.75, 3.05) is 26.7 Å². The van der Waals surface area contributed by atoms with Crippen LogP contribution in [0.3, 0.4) is 0 Å². The van der Waals surface area contributed by atoms with E-state index in [0.29, 0.717) is 17.9 Å². The van der Waals surface area contributed by atoms with E-state index >= 15 is 0 Å². The van der Waals surface area contributed by atoms with Gasteiger partial charge in [0.05, 0.1) is 0 Å². The zero-order valence-corrected chi connectivity index (χ0v) is 14.4. The Morgan fingerprint density at radius 2 is 1.95 bits per heavy atom. The van der Waals surface area contributed by atoms with Crippen molar-refractivity contribution in [3.05, 3.63) is 0 Å². The summed E-state index contributed by atoms with van der Waals surface area (Å²) in [5.41, 5.74) is 5.98. The lowest BCUT2D eigenvalue weighted by molar-refractivity contribution is 0.214. The maximum Gasteiger partial charge on any atom is 0.188 e. The Labute approximate surface area is 134 Å². The Bertz CT molecular complexity index is 277. The third-order valence-corrected chi connectivity index (χ3v) is 4.20. The standard InChI is InChI=1S/C14H28N4.HI/c1-18-9-5-6-12(11-18)10-16-14(15)17-13-7-3-2-4-8-13;/h12-13H,2-11H2,1H3,(H3,15,16,17);1H. The van der Waals surface area contributed by atoms with Gasteiger partial charge in [-0.3, -0.25) is 4.99 Å². The van der Waals surface area contributed by atoms with Crippen molar-refractivity contribution >= 4 is 29.9 Å². The second kappa shape index (κ2) is 9.00. The van der Waals surface area contributed by atoms with Gasteiger partial charge in [0, 0.05) is 19.1 Å². The van der Waals surface area contributed by atoms with Crippen LogP contribution in [0, 0.1) is 5.92 Å². The fourth-order valence-corrected chi connectivity index (χ4v) is 3.15. The van der Waals surface area contributed by atoms with E-state index in [1.807, 2.05) is 0 Å². The van der Waals surface area contributed by atoms with Gasteiger partial charge in [0.1, 0.15) is 0 Å². The largest absolute Gasteiger partial charge is 0.370 e. The number of nitrogens with zero attached hydrogens (tertiary/aromatic N) is 2. The predicted molar refractivity (Wildman–Crippen MR) is 92.1 cm³/mol. The van der Waals surface area contributed by atoms with Crippen LogP contribution in [0.5, 0.6) is 0 Å². The van der Waals surface area contributed by atoms with Crippen molar-refractivity contribution in [1.82, 2.24) is 10.2 Å². The first-order chi connectivity index (χ1) is 8.74. The molecule has 2 aliphatic rings. The smallest absolute Gasteiger partial charge is 0.188 e. The van der Waals surface area contributed by atoms with Crippen LogP contribution in [0.1, 0.15) is 44.9 Å². The fourth-order valence-electron chi connectivity index (χ4n) is 3.15. The molecule has 3 N–H and O–H groups in total. The summed E-state index contributed by atoms with van der Waals surface area (Å²) in [6.07, 6.45) is 9.14. The number of hydrogen-bond donors (Lipinski definition) is 2. The molecule has 2 rings (SSSR count). The highest BCUT2D eigenvalue weighted by Crippen LogP contribution is 2.17. The van der Waals surface area contributed by atoms with Gasteiger partial charge in [-0.25, -0.2) is 0 Å². The topological polar surface area (TPSA) is 53.6 Å². The van der Waals surface area contributed by atoms with E-state index in [1.165, 1.54) is 58.0 Å². The summed E-state index contributed by atoms with van der Waals surface area (Å²) < 4.78 is 0. The highest BCUT2D eigenvalue weighted by molar-refractivity contribution is 14.0. The minimum atomic E-state index is 0. The molecule has 5 heteroatoms. The maximum absolute atomic E-state index is 5.98. The van der Waals surface area contributed by atoms with Gasteiger partial charge in [0.2, 0.25) is 0 Å². The Hall–Kier alpha value is -0.0400. The van der Waals surface area contributed by atoms with E-state index in [1.54, 1.807) is 0 Å². The normalized spacial score (nSPS) is 26.8. The van der Waals surface area contributed by atoms with Crippen LogP contribution in [0.15, 0.2) is 4.99 Å². The van der Waals surface area contributed by atoms with Crippen LogP contribution in [0.2, 0.25) is 0 Å². The van der Waals surface area contributed by atoms with Crippen LogP contribution in [0.25, 0.3) is 0 Å². The average molecular weight is 380 g/mol. The van der Waals surface area contributed by atoms with E-state index in [4.69, 9.17) is 5.73 Å². The first-order valence-electron chi connectivity index (χ1n) is 7.49. The first-order valence-corrected chi connectivity index (χ1v) is 7.49. The van der Waals surface area contributed by atoms with Gasteiger partial charge in [-0.15, -0.1) is 24.0 Å². The van der Waals surface area contributed by atoms with Gasteiger partial charge < -0.3 is 16.0 Å². The fraction of sp³-hybridized carbons (Fsp3) is 0.929. The van der Waals surface area contributed by atoms with Crippen molar-refractivity contribution in [1.29, 1.82) is 0 Å². The molecular weight excluding hydrogens is 351 g/mol. The molecule has 0 aromatic heterocycles. The summed E-state index contributed by atoms with van der Waals surface area (Å²) in [5.74, 6) is 1.35. The van der Waals surface area contributed by atoms with Crippen LogP contribution in [0.4, 0.5) is 0 Å². The molecule has 0 spiro atoms. The molecule has 1 heterocycles. The number of guanidine groups is 1. The molecule has 4 nitrogen and oxygen atoms in total. The van der Waals surface area contributed by atoms with Crippen molar-refractivity contribution in [3.63, 3.8) is 0 Å². The summed E-state index contributed by atoms with van der Waals surface area (Å²) in [5, 5.41) is 3.38. The van der Waals surface area contributed by atoms with E-state index in [0.717, 1.165) is 6.54 Å². The van der Waals surface area contributed by atoms with E-state index < -0.39 is 0 Å². The van der Waals surface area contributed by atoms with Crippen molar-refractivity contribution in [3.8, 4) is 0 Å². The lowest BCUT2D eigenvalue weighted by Gasteiger charge is -2.29. The highest BCUT2D eigenvalue weighted by Gasteiger charge is 2.17. The molecule has 112 valence electrons. The van der Waals surface area contributed by atoms with E-state index in [9.17, 15) is 0 Å². The van der Waals surface area contributed by atoms with E-state index in [2.05, 4.69) is 22.3 Å². The summed E-state index contributed by atoms with van der Waals surface area (Å²) in [6, 6.07) is 0.566. The summed E-state index contributed by atoms with van der Waals surface area (Å²) in [7, 11) is 2.19. The summed E-state index contributed by atoms with van der Waals surface area (Å²) in [4.78, 5) is 6.93. The third kappa shape index (κ3) is 6.29. The number of aliphatic imine (C=N–C) groups is 1. The summed E-state index contributed by atoms with van der Waals surface area (Å²) in [6.45, 7) is 3.28. The van der Waals surface area contributed by atoms with Crippen LogP contribution in [-0.2, 0) is 0 Å². The quantitative estimate of drug-likeness (QED) is 0.448. The van der Waals surface area contributed by atoms with Gasteiger partial charge in [-0.1, -0.05) is 19.3 Å². The van der Waals surface area contributed by atoms with Gasteiger partial charge in [-0.2, -0.15) is 0 Å². The zero-order chi connectivity index (χ0) is 12.8. The monoisotopic (exact) mass is 380 g/mol. The molecule has 19 heavy (non-hydrogen) atoms. The van der Waals surface area contributed by atoms with Crippen LogP contribution < -0.4 is 11.1 Å². The second-order valence-corrected chi connectivity index (χ2v) is 5.98. The van der Waals surface area contributed by atoms with Gasteiger partial charge in [0.15, 0.2) is 5.96 Å². The molecule has 2 fully saturated rings. The number of likely N-dealkylation sites (tertiary alicyclic amines) is 1. The van der Waals surface area contributed by atoms with E-state index in [-0.39, 0.29) is 24.0 Å².